The zero-order chi connectivity index (χ0) is 21.5. The van der Waals surface area contributed by atoms with Gasteiger partial charge < -0.3 is 15.2 Å². The lowest BCUT2D eigenvalue weighted by atomic mass is 10.1. The topological polar surface area (TPSA) is 82.3 Å². The molecule has 1 amide bonds. The molecule has 0 aromatic heterocycles. The molecule has 5 nitrogen and oxygen atoms in total. The first-order chi connectivity index (χ1) is 14.4. The molecular formula is C23H16BrFN2O3. The van der Waals surface area contributed by atoms with Crippen molar-refractivity contribution in [2.45, 2.75) is 6.61 Å². The van der Waals surface area contributed by atoms with E-state index in [-0.39, 0.29) is 23.7 Å². The van der Waals surface area contributed by atoms with Crippen molar-refractivity contribution < 1.29 is 19.0 Å². The van der Waals surface area contributed by atoms with Crippen molar-refractivity contribution in [2.75, 3.05) is 5.32 Å². The minimum Gasteiger partial charge on any atom is -0.508 e. The SMILES string of the molecule is N#C/C(=C\c1ccc(OCc2cccc(F)c2)c(Br)c1)C(=O)Nc1ccc(O)cc1. The van der Waals surface area contributed by atoms with Gasteiger partial charge in [-0.15, -0.1) is 0 Å². The van der Waals surface area contributed by atoms with E-state index in [4.69, 9.17) is 4.74 Å². The van der Waals surface area contributed by atoms with Crippen LogP contribution in [0, 0.1) is 17.1 Å². The molecule has 0 atom stereocenters. The summed E-state index contributed by atoms with van der Waals surface area (Å²) in [7, 11) is 0. The van der Waals surface area contributed by atoms with Crippen LogP contribution >= 0.6 is 15.9 Å². The summed E-state index contributed by atoms with van der Waals surface area (Å²) in [6, 6.07) is 19.1. The van der Waals surface area contributed by atoms with E-state index < -0.39 is 5.91 Å². The van der Waals surface area contributed by atoms with Gasteiger partial charge in [0.05, 0.1) is 4.47 Å². The number of carbonyl (C=O) groups excluding carboxylic acids is 1. The molecule has 0 heterocycles. The lowest BCUT2D eigenvalue weighted by Gasteiger charge is -2.09. The van der Waals surface area contributed by atoms with Crippen LogP contribution in [0.1, 0.15) is 11.1 Å². The fourth-order valence-corrected chi connectivity index (χ4v) is 3.08. The fourth-order valence-electron chi connectivity index (χ4n) is 2.57. The third kappa shape index (κ3) is 5.69. The minimum atomic E-state index is -0.564. The number of amides is 1. The Labute approximate surface area is 181 Å². The monoisotopic (exact) mass is 466 g/mol. The normalized spacial score (nSPS) is 10.9. The molecule has 0 aliphatic rings. The lowest BCUT2D eigenvalue weighted by Crippen LogP contribution is -2.13. The van der Waals surface area contributed by atoms with Gasteiger partial charge in [0.25, 0.3) is 5.91 Å². The van der Waals surface area contributed by atoms with Crippen LogP contribution in [-0.4, -0.2) is 11.0 Å². The van der Waals surface area contributed by atoms with Crippen LogP contribution in [0.25, 0.3) is 6.08 Å². The maximum absolute atomic E-state index is 13.3. The number of nitriles is 1. The Morgan fingerprint density at radius 3 is 2.60 bits per heavy atom. The summed E-state index contributed by atoms with van der Waals surface area (Å²) in [5, 5.41) is 21.2. The zero-order valence-corrected chi connectivity index (χ0v) is 17.2. The Balaban J connectivity index is 1.70. The van der Waals surface area contributed by atoms with Crippen LogP contribution in [0.4, 0.5) is 10.1 Å². The second kappa shape index (κ2) is 9.72. The van der Waals surface area contributed by atoms with Crippen LogP contribution in [-0.2, 0) is 11.4 Å². The van der Waals surface area contributed by atoms with E-state index in [9.17, 15) is 19.6 Å². The molecule has 3 rings (SSSR count). The molecule has 0 radical (unpaired) electrons. The molecule has 150 valence electrons. The van der Waals surface area contributed by atoms with Crippen molar-refractivity contribution in [2.24, 2.45) is 0 Å². The summed E-state index contributed by atoms with van der Waals surface area (Å²) in [5.74, 6) is -0.270. The molecule has 3 aromatic rings. The van der Waals surface area contributed by atoms with Crippen LogP contribution in [0.3, 0.4) is 0 Å². The smallest absolute Gasteiger partial charge is 0.266 e. The molecule has 3 aromatic carbocycles. The highest BCUT2D eigenvalue weighted by atomic mass is 79.9. The highest BCUT2D eigenvalue weighted by molar-refractivity contribution is 9.10. The van der Waals surface area contributed by atoms with Gasteiger partial charge in [-0.2, -0.15) is 5.26 Å². The van der Waals surface area contributed by atoms with Gasteiger partial charge in [-0.1, -0.05) is 18.2 Å². The molecule has 0 fully saturated rings. The van der Waals surface area contributed by atoms with Gasteiger partial charge in [-0.05, 0) is 81.7 Å². The number of anilines is 1. The number of carbonyl (C=O) groups is 1. The highest BCUT2D eigenvalue weighted by Gasteiger charge is 2.11. The predicted molar refractivity (Wildman–Crippen MR) is 115 cm³/mol. The molecule has 0 aliphatic heterocycles. The Morgan fingerprint density at radius 1 is 1.17 bits per heavy atom. The second-order valence-electron chi connectivity index (χ2n) is 6.28. The Kier molecular flexibility index (Phi) is 6.83. The molecule has 0 saturated heterocycles. The standard InChI is InChI=1S/C23H16BrFN2O3/c24-21-12-15(4-9-22(21)30-14-16-2-1-3-18(25)11-16)10-17(13-26)23(29)27-19-5-7-20(28)8-6-19/h1-12,28H,14H2,(H,27,29)/b17-10+. The van der Waals surface area contributed by atoms with Crippen molar-refractivity contribution >= 4 is 33.6 Å². The Bertz CT molecular complexity index is 1140. The number of hydrogen-bond acceptors (Lipinski definition) is 4. The summed E-state index contributed by atoms with van der Waals surface area (Å²) in [6.45, 7) is 0.198. The first kappa shape index (κ1) is 21.1. The molecule has 0 aliphatic carbocycles. The van der Waals surface area contributed by atoms with Crippen LogP contribution < -0.4 is 10.1 Å². The van der Waals surface area contributed by atoms with E-state index >= 15 is 0 Å². The van der Waals surface area contributed by atoms with Gasteiger partial charge in [0.15, 0.2) is 0 Å². The summed E-state index contributed by atoms with van der Waals surface area (Å²) < 4.78 is 19.6. The quantitative estimate of drug-likeness (QED) is 0.288. The first-order valence-corrected chi connectivity index (χ1v) is 9.63. The number of phenols is 1. The number of aromatic hydroxyl groups is 1. The van der Waals surface area contributed by atoms with E-state index in [0.717, 1.165) is 0 Å². The largest absolute Gasteiger partial charge is 0.508 e. The summed E-state index contributed by atoms with van der Waals surface area (Å²) in [6.07, 6.45) is 1.46. The third-order valence-electron chi connectivity index (χ3n) is 4.04. The minimum absolute atomic E-state index is 0.0774. The van der Waals surface area contributed by atoms with Crippen molar-refractivity contribution in [3.63, 3.8) is 0 Å². The van der Waals surface area contributed by atoms with E-state index in [1.807, 2.05) is 6.07 Å². The summed E-state index contributed by atoms with van der Waals surface area (Å²) in [5.41, 5.74) is 1.70. The lowest BCUT2D eigenvalue weighted by molar-refractivity contribution is -0.112. The molecule has 0 saturated carbocycles. The first-order valence-electron chi connectivity index (χ1n) is 8.83. The fraction of sp³-hybridized carbons (Fsp3) is 0.0435. The maximum atomic E-state index is 13.3. The van der Waals surface area contributed by atoms with Crippen molar-refractivity contribution in [1.82, 2.24) is 0 Å². The highest BCUT2D eigenvalue weighted by Crippen LogP contribution is 2.28. The van der Waals surface area contributed by atoms with Gasteiger partial charge in [0.2, 0.25) is 0 Å². The van der Waals surface area contributed by atoms with Crippen molar-refractivity contribution in [3.8, 4) is 17.6 Å². The molecule has 30 heavy (non-hydrogen) atoms. The summed E-state index contributed by atoms with van der Waals surface area (Å²) in [4.78, 5) is 12.3. The number of nitrogens with one attached hydrogen (secondary N) is 1. The number of hydrogen-bond donors (Lipinski definition) is 2. The molecule has 0 spiro atoms. The number of halogens is 2. The zero-order valence-electron chi connectivity index (χ0n) is 15.6. The maximum Gasteiger partial charge on any atom is 0.266 e. The van der Waals surface area contributed by atoms with Crippen LogP contribution in [0.2, 0.25) is 0 Å². The van der Waals surface area contributed by atoms with Gasteiger partial charge in [0.1, 0.15) is 35.6 Å². The van der Waals surface area contributed by atoms with E-state index in [1.165, 1.54) is 42.5 Å². The number of phenolic OH excluding ortho intramolecular Hbond substituents is 1. The molecule has 0 unspecified atom stereocenters. The average Bonchev–Trinajstić information content (AvgIpc) is 2.73. The second-order valence-corrected chi connectivity index (χ2v) is 7.13. The Morgan fingerprint density at radius 2 is 1.93 bits per heavy atom. The van der Waals surface area contributed by atoms with Crippen LogP contribution in [0.5, 0.6) is 11.5 Å². The van der Waals surface area contributed by atoms with E-state index in [2.05, 4.69) is 21.2 Å². The van der Waals surface area contributed by atoms with Crippen molar-refractivity contribution in [3.05, 3.63) is 93.7 Å². The van der Waals surface area contributed by atoms with Gasteiger partial charge in [-0.25, -0.2) is 4.39 Å². The number of ether oxygens (including phenoxy) is 1. The van der Waals surface area contributed by atoms with E-state index in [1.54, 1.807) is 30.3 Å². The predicted octanol–water partition coefficient (Wildman–Crippen LogP) is 5.42. The number of rotatable bonds is 6. The molecule has 0 bridgehead atoms. The van der Waals surface area contributed by atoms with Crippen molar-refractivity contribution in [1.29, 1.82) is 5.26 Å². The third-order valence-corrected chi connectivity index (χ3v) is 4.66. The van der Waals surface area contributed by atoms with Gasteiger partial charge >= 0.3 is 0 Å². The summed E-state index contributed by atoms with van der Waals surface area (Å²) >= 11 is 3.41. The molecular weight excluding hydrogens is 451 g/mol. The van der Waals surface area contributed by atoms with Gasteiger partial charge in [0, 0.05) is 5.69 Å². The van der Waals surface area contributed by atoms with E-state index in [0.29, 0.717) is 27.0 Å². The Hall–Kier alpha value is -3.63. The molecule has 2 N–H and O–H groups in total. The van der Waals surface area contributed by atoms with Gasteiger partial charge in [-0.3, -0.25) is 4.79 Å². The number of benzene rings is 3. The number of nitrogens with zero attached hydrogens (tertiary/aromatic N) is 1. The average molecular weight is 467 g/mol. The molecule has 7 heteroatoms. The van der Waals surface area contributed by atoms with Crippen LogP contribution in [0.15, 0.2) is 76.8 Å².